The minimum atomic E-state index is -0.0833. The van der Waals surface area contributed by atoms with Gasteiger partial charge in [0.1, 0.15) is 0 Å². The Bertz CT molecular complexity index is 619. The van der Waals surface area contributed by atoms with E-state index in [4.69, 9.17) is 4.42 Å². The van der Waals surface area contributed by atoms with Gasteiger partial charge in [0.05, 0.1) is 0 Å². The van der Waals surface area contributed by atoms with Crippen molar-refractivity contribution in [3.8, 4) is 0 Å². The number of anilines is 1. The number of carbonyl (C=O) groups excluding carboxylic acids is 1. The maximum Gasteiger partial charge on any atom is 0.324 e. The van der Waals surface area contributed by atoms with Crippen molar-refractivity contribution in [1.82, 2.24) is 4.90 Å². The number of hydrogen-bond acceptors (Lipinski definition) is 2. The van der Waals surface area contributed by atoms with Gasteiger partial charge in [-0.1, -0.05) is 30.3 Å². The number of rotatable bonds is 3. The first kappa shape index (κ1) is 15.2. The van der Waals surface area contributed by atoms with Gasteiger partial charge in [0.2, 0.25) is 5.88 Å². The van der Waals surface area contributed by atoms with Crippen LogP contribution in [0.25, 0.3) is 0 Å². The van der Waals surface area contributed by atoms with Crippen molar-refractivity contribution >= 4 is 27.8 Å². The molecule has 5 heteroatoms. The van der Waals surface area contributed by atoms with Crippen LogP contribution < -0.4 is 5.32 Å². The molecule has 2 heterocycles. The van der Waals surface area contributed by atoms with Gasteiger partial charge in [-0.3, -0.25) is 5.32 Å². The standard InChI is InChI=1S/C17H19BrN2O2/c18-15-6-7-16(22-15)19-17(21)20-10-8-14(9-11-20)12-13-4-2-1-3-5-13/h1-7,14H,8-12H2,(H,19,21). The molecule has 2 amide bonds. The third-order valence-corrected chi connectivity index (χ3v) is 4.50. The van der Waals surface area contributed by atoms with E-state index in [2.05, 4.69) is 45.5 Å². The van der Waals surface area contributed by atoms with Crippen molar-refractivity contribution < 1.29 is 9.21 Å². The van der Waals surface area contributed by atoms with E-state index in [-0.39, 0.29) is 6.03 Å². The lowest BCUT2D eigenvalue weighted by Gasteiger charge is -2.31. The molecule has 0 aliphatic carbocycles. The first-order valence-electron chi connectivity index (χ1n) is 7.56. The largest absolute Gasteiger partial charge is 0.434 e. The highest BCUT2D eigenvalue weighted by molar-refractivity contribution is 9.10. The summed E-state index contributed by atoms with van der Waals surface area (Å²) in [6.07, 6.45) is 3.19. The van der Waals surface area contributed by atoms with Gasteiger partial charge in [-0.05, 0) is 52.7 Å². The normalized spacial score (nSPS) is 15.8. The first-order chi connectivity index (χ1) is 10.7. The summed E-state index contributed by atoms with van der Waals surface area (Å²) >= 11 is 3.23. The number of furan rings is 1. The molecule has 116 valence electrons. The summed E-state index contributed by atoms with van der Waals surface area (Å²) in [7, 11) is 0. The van der Waals surface area contributed by atoms with Gasteiger partial charge in [0, 0.05) is 19.2 Å². The van der Waals surface area contributed by atoms with Gasteiger partial charge in [-0.15, -0.1) is 0 Å². The monoisotopic (exact) mass is 362 g/mol. The molecular weight excluding hydrogens is 344 g/mol. The highest BCUT2D eigenvalue weighted by Gasteiger charge is 2.23. The lowest BCUT2D eigenvalue weighted by Crippen LogP contribution is -2.41. The van der Waals surface area contributed by atoms with Crippen molar-refractivity contribution in [3.05, 3.63) is 52.7 Å². The van der Waals surface area contributed by atoms with E-state index in [1.165, 1.54) is 5.56 Å². The smallest absolute Gasteiger partial charge is 0.324 e. The van der Waals surface area contributed by atoms with Gasteiger partial charge in [0.15, 0.2) is 4.67 Å². The van der Waals surface area contributed by atoms with Crippen LogP contribution in [0.3, 0.4) is 0 Å². The van der Waals surface area contributed by atoms with Crippen molar-refractivity contribution in [2.45, 2.75) is 19.3 Å². The number of halogens is 1. The second-order valence-electron chi connectivity index (χ2n) is 5.65. The Hall–Kier alpha value is -1.75. The third kappa shape index (κ3) is 3.91. The van der Waals surface area contributed by atoms with Gasteiger partial charge < -0.3 is 9.32 Å². The first-order valence-corrected chi connectivity index (χ1v) is 8.35. The van der Waals surface area contributed by atoms with E-state index < -0.39 is 0 Å². The molecule has 4 nitrogen and oxygen atoms in total. The van der Waals surface area contributed by atoms with Crippen molar-refractivity contribution in [2.75, 3.05) is 18.4 Å². The molecule has 0 unspecified atom stereocenters. The van der Waals surface area contributed by atoms with E-state index in [1.54, 1.807) is 12.1 Å². The molecule has 1 N–H and O–H groups in total. The Balaban J connectivity index is 1.48. The van der Waals surface area contributed by atoms with E-state index in [1.807, 2.05) is 11.0 Å². The van der Waals surface area contributed by atoms with Crippen LogP contribution in [-0.2, 0) is 6.42 Å². The summed E-state index contributed by atoms with van der Waals surface area (Å²) in [6.45, 7) is 1.59. The Morgan fingerprint density at radius 1 is 1.18 bits per heavy atom. The molecule has 1 saturated heterocycles. The van der Waals surface area contributed by atoms with E-state index in [0.29, 0.717) is 16.5 Å². The lowest BCUT2D eigenvalue weighted by molar-refractivity contribution is 0.182. The predicted molar refractivity (Wildman–Crippen MR) is 89.9 cm³/mol. The number of piperidine rings is 1. The Morgan fingerprint density at radius 2 is 1.91 bits per heavy atom. The third-order valence-electron chi connectivity index (χ3n) is 4.07. The highest BCUT2D eigenvalue weighted by atomic mass is 79.9. The van der Waals surface area contributed by atoms with Crippen molar-refractivity contribution in [3.63, 3.8) is 0 Å². The number of nitrogens with one attached hydrogen (secondary N) is 1. The number of hydrogen-bond donors (Lipinski definition) is 1. The van der Waals surface area contributed by atoms with Gasteiger partial charge >= 0.3 is 6.03 Å². The second-order valence-corrected chi connectivity index (χ2v) is 6.44. The molecule has 1 fully saturated rings. The molecule has 1 aliphatic rings. The SMILES string of the molecule is O=C(Nc1ccc(Br)o1)N1CCC(Cc2ccccc2)CC1. The number of urea groups is 1. The summed E-state index contributed by atoms with van der Waals surface area (Å²) in [5, 5.41) is 2.79. The van der Waals surface area contributed by atoms with Gasteiger partial charge in [0.25, 0.3) is 0 Å². The minimum absolute atomic E-state index is 0.0833. The molecule has 1 aromatic heterocycles. The molecule has 1 aliphatic heterocycles. The molecular formula is C17H19BrN2O2. The fraction of sp³-hybridized carbons (Fsp3) is 0.353. The van der Waals surface area contributed by atoms with E-state index >= 15 is 0 Å². The fourth-order valence-corrected chi connectivity index (χ4v) is 3.16. The maximum atomic E-state index is 12.2. The zero-order valence-corrected chi connectivity index (χ0v) is 13.9. The predicted octanol–water partition coefficient (Wildman–Crippen LogP) is 4.53. The summed E-state index contributed by atoms with van der Waals surface area (Å²) in [4.78, 5) is 14.0. The molecule has 0 spiro atoms. The van der Waals surface area contributed by atoms with Crippen molar-refractivity contribution in [2.24, 2.45) is 5.92 Å². The molecule has 0 bridgehead atoms. The van der Waals surface area contributed by atoms with Crippen molar-refractivity contribution in [1.29, 1.82) is 0 Å². The van der Waals surface area contributed by atoms with Crippen LogP contribution in [0.1, 0.15) is 18.4 Å². The summed E-state index contributed by atoms with van der Waals surface area (Å²) in [5.41, 5.74) is 1.38. The second kappa shape index (κ2) is 7.01. The summed E-state index contributed by atoms with van der Waals surface area (Å²) < 4.78 is 5.92. The van der Waals surface area contributed by atoms with Crippen LogP contribution in [0.5, 0.6) is 0 Å². The molecule has 0 atom stereocenters. The Kier molecular flexibility index (Phi) is 4.83. The topological polar surface area (TPSA) is 45.5 Å². The fourth-order valence-electron chi connectivity index (χ4n) is 2.85. The lowest BCUT2D eigenvalue weighted by atomic mass is 9.90. The van der Waals surface area contributed by atoms with Crippen LogP contribution in [0.4, 0.5) is 10.7 Å². The number of carbonyl (C=O) groups is 1. The maximum absolute atomic E-state index is 12.2. The Morgan fingerprint density at radius 3 is 2.55 bits per heavy atom. The molecule has 1 aromatic carbocycles. The highest BCUT2D eigenvalue weighted by Crippen LogP contribution is 2.23. The van der Waals surface area contributed by atoms with Crippen LogP contribution in [0.2, 0.25) is 0 Å². The van der Waals surface area contributed by atoms with Crippen LogP contribution >= 0.6 is 15.9 Å². The molecule has 0 radical (unpaired) electrons. The number of likely N-dealkylation sites (tertiary alicyclic amines) is 1. The summed E-state index contributed by atoms with van der Waals surface area (Å²) in [5.74, 6) is 1.13. The molecule has 2 aromatic rings. The van der Waals surface area contributed by atoms with E-state index in [0.717, 1.165) is 32.4 Å². The number of nitrogens with zero attached hydrogens (tertiary/aromatic N) is 1. The number of amides is 2. The van der Waals surface area contributed by atoms with Crippen LogP contribution in [0.15, 0.2) is 51.6 Å². The average Bonchev–Trinajstić information content (AvgIpc) is 2.94. The zero-order chi connectivity index (χ0) is 15.4. The van der Waals surface area contributed by atoms with Crippen LogP contribution in [0, 0.1) is 5.92 Å². The average molecular weight is 363 g/mol. The van der Waals surface area contributed by atoms with Gasteiger partial charge in [-0.25, -0.2) is 4.79 Å². The molecule has 3 rings (SSSR count). The quantitative estimate of drug-likeness (QED) is 0.871. The Labute approximate surface area is 138 Å². The van der Waals surface area contributed by atoms with Gasteiger partial charge in [-0.2, -0.15) is 0 Å². The molecule has 0 saturated carbocycles. The minimum Gasteiger partial charge on any atom is -0.434 e. The summed E-state index contributed by atoms with van der Waals surface area (Å²) in [6, 6.07) is 14.0. The van der Waals surface area contributed by atoms with Crippen LogP contribution in [-0.4, -0.2) is 24.0 Å². The zero-order valence-electron chi connectivity index (χ0n) is 12.3. The number of benzene rings is 1. The van der Waals surface area contributed by atoms with E-state index in [9.17, 15) is 4.79 Å². The molecule has 22 heavy (non-hydrogen) atoms.